The van der Waals surface area contributed by atoms with Crippen molar-refractivity contribution in [2.45, 2.75) is 17.8 Å². The molecule has 4 aromatic carbocycles. The molecule has 0 atom stereocenters. The summed E-state index contributed by atoms with van der Waals surface area (Å²) in [5, 5.41) is 11.6. The van der Waals surface area contributed by atoms with E-state index in [0.717, 1.165) is 12.1 Å². The van der Waals surface area contributed by atoms with Crippen LogP contribution in [0.15, 0.2) is 107 Å². The molecule has 2 aromatic heterocycles. The predicted octanol–water partition coefficient (Wildman–Crippen LogP) is 6.90. The molecule has 0 radical (unpaired) electrons. The van der Waals surface area contributed by atoms with E-state index in [2.05, 4.69) is 20.4 Å². The van der Waals surface area contributed by atoms with Crippen molar-refractivity contribution in [3.8, 4) is 22.5 Å². The number of hydrogen-bond donors (Lipinski definition) is 2. The van der Waals surface area contributed by atoms with Gasteiger partial charge in [0.2, 0.25) is 5.41 Å². The zero-order chi connectivity index (χ0) is 30.6. The normalized spacial score (nSPS) is 12.6. The van der Waals surface area contributed by atoms with Crippen LogP contribution in [0.3, 0.4) is 0 Å². The lowest BCUT2D eigenvalue weighted by Crippen LogP contribution is -2.54. The highest BCUT2D eigenvalue weighted by molar-refractivity contribution is 5.96. The number of aromatic nitrogens is 4. The number of alkyl halides is 6. The molecule has 0 fully saturated rings. The van der Waals surface area contributed by atoms with Crippen LogP contribution in [0.4, 0.5) is 26.3 Å². The Labute approximate surface area is 237 Å². The minimum Gasteiger partial charge on any atom is -0.267 e. The Balaban J connectivity index is 1.69. The van der Waals surface area contributed by atoms with E-state index in [1.807, 2.05) is 0 Å². The van der Waals surface area contributed by atoms with Crippen molar-refractivity contribution in [2.75, 3.05) is 0 Å². The first-order chi connectivity index (χ1) is 20.4. The third kappa shape index (κ3) is 4.37. The van der Waals surface area contributed by atoms with Crippen LogP contribution >= 0.6 is 0 Å². The summed E-state index contributed by atoms with van der Waals surface area (Å²) in [6.07, 6.45) is -11.9. The fourth-order valence-electron chi connectivity index (χ4n) is 5.41. The van der Waals surface area contributed by atoms with Gasteiger partial charge in [0, 0.05) is 21.9 Å². The maximum absolute atomic E-state index is 15.1. The van der Waals surface area contributed by atoms with Crippen LogP contribution in [-0.2, 0) is 5.41 Å². The number of nitrogens with one attached hydrogen (secondary N) is 2. The van der Waals surface area contributed by atoms with Crippen LogP contribution in [0.5, 0.6) is 0 Å². The molecule has 0 unspecified atom stereocenters. The van der Waals surface area contributed by atoms with Gasteiger partial charge in [0.25, 0.3) is 11.1 Å². The highest BCUT2D eigenvalue weighted by Crippen LogP contribution is 2.57. The summed E-state index contributed by atoms with van der Waals surface area (Å²) in [7, 11) is 0. The largest absolute Gasteiger partial charge is 0.411 e. The predicted molar refractivity (Wildman–Crippen MR) is 148 cm³/mol. The summed E-state index contributed by atoms with van der Waals surface area (Å²) in [5.74, 6) is 0. The SMILES string of the molecule is O=c1[nH]nc(-c2ccccc2)c2cc(C(c3ccc4c(-c5ccccc5)n[nH]c(=O)c4c3)(C(F)(F)F)C(F)(F)F)ccc12. The Bertz CT molecular complexity index is 2090. The Morgan fingerprint density at radius 1 is 0.488 bits per heavy atom. The quantitative estimate of drug-likeness (QED) is 0.218. The second kappa shape index (κ2) is 9.93. The molecule has 0 aliphatic heterocycles. The highest BCUT2D eigenvalue weighted by Gasteiger charge is 2.72. The topological polar surface area (TPSA) is 91.5 Å². The number of H-pyrrole nitrogens is 2. The second-order valence-electron chi connectivity index (χ2n) is 9.80. The van der Waals surface area contributed by atoms with E-state index in [9.17, 15) is 9.59 Å². The molecule has 0 amide bonds. The average molecular weight is 592 g/mol. The van der Waals surface area contributed by atoms with E-state index >= 15 is 26.3 Å². The van der Waals surface area contributed by atoms with E-state index in [1.165, 1.54) is 0 Å². The van der Waals surface area contributed by atoms with Gasteiger partial charge >= 0.3 is 12.4 Å². The van der Waals surface area contributed by atoms with Crippen molar-refractivity contribution < 1.29 is 26.3 Å². The molecule has 0 saturated heterocycles. The van der Waals surface area contributed by atoms with Crippen molar-refractivity contribution in [3.05, 3.63) is 129 Å². The first-order valence-electron chi connectivity index (χ1n) is 12.7. The van der Waals surface area contributed by atoms with Gasteiger partial charge in [-0.15, -0.1) is 0 Å². The summed E-state index contributed by atoms with van der Waals surface area (Å²) in [6, 6.07) is 20.9. The van der Waals surface area contributed by atoms with E-state index in [0.29, 0.717) is 35.4 Å². The molecule has 12 heteroatoms. The fourth-order valence-corrected chi connectivity index (χ4v) is 5.41. The molecule has 2 heterocycles. The smallest absolute Gasteiger partial charge is 0.267 e. The van der Waals surface area contributed by atoms with Crippen LogP contribution in [0, 0.1) is 0 Å². The van der Waals surface area contributed by atoms with Crippen molar-refractivity contribution in [3.63, 3.8) is 0 Å². The zero-order valence-corrected chi connectivity index (χ0v) is 21.7. The molecule has 6 aromatic rings. The summed E-state index contributed by atoms with van der Waals surface area (Å²) in [5.41, 5.74) is -7.73. The third-order valence-corrected chi connectivity index (χ3v) is 7.39. The summed E-state index contributed by atoms with van der Waals surface area (Å²) < 4.78 is 90.5. The van der Waals surface area contributed by atoms with Gasteiger partial charge in [-0.1, -0.05) is 78.9 Å². The van der Waals surface area contributed by atoms with E-state index in [1.54, 1.807) is 60.7 Å². The lowest BCUT2D eigenvalue weighted by Gasteiger charge is -2.38. The van der Waals surface area contributed by atoms with E-state index < -0.39 is 45.4 Å². The molecule has 43 heavy (non-hydrogen) atoms. The first-order valence-corrected chi connectivity index (χ1v) is 12.7. The van der Waals surface area contributed by atoms with Gasteiger partial charge < -0.3 is 0 Å². The molecule has 6 rings (SSSR count). The molecule has 0 spiro atoms. The van der Waals surface area contributed by atoms with Gasteiger partial charge in [-0.05, 0) is 29.3 Å². The highest BCUT2D eigenvalue weighted by atomic mass is 19.4. The van der Waals surface area contributed by atoms with Crippen molar-refractivity contribution >= 4 is 21.5 Å². The van der Waals surface area contributed by atoms with Gasteiger partial charge in [-0.25, -0.2) is 10.2 Å². The maximum Gasteiger partial charge on any atom is 0.411 e. The monoisotopic (exact) mass is 592 g/mol. The third-order valence-electron chi connectivity index (χ3n) is 7.39. The average Bonchev–Trinajstić information content (AvgIpc) is 2.97. The summed E-state index contributed by atoms with van der Waals surface area (Å²) >= 11 is 0. The lowest BCUT2D eigenvalue weighted by molar-refractivity contribution is -0.288. The number of rotatable bonds is 4. The van der Waals surface area contributed by atoms with Gasteiger partial charge in [0.1, 0.15) is 0 Å². The number of nitrogens with zero attached hydrogens (tertiary/aromatic N) is 2. The van der Waals surface area contributed by atoms with Crippen LogP contribution in [0.25, 0.3) is 44.1 Å². The van der Waals surface area contributed by atoms with Crippen LogP contribution < -0.4 is 11.1 Å². The molecule has 0 bridgehead atoms. The number of halogens is 6. The number of hydrogen-bond acceptors (Lipinski definition) is 4. The first kappa shape index (κ1) is 27.9. The van der Waals surface area contributed by atoms with E-state index in [-0.39, 0.29) is 27.5 Å². The lowest BCUT2D eigenvalue weighted by atomic mass is 9.72. The molecular weight excluding hydrogens is 574 g/mol. The Kier molecular flexibility index (Phi) is 6.44. The number of benzene rings is 4. The Hall–Kier alpha value is -5.26. The van der Waals surface area contributed by atoms with Crippen LogP contribution in [-0.4, -0.2) is 32.7 Å². The Morgan fingerprint density at radius 2 is 0.907 bits per heavy atom. The van der Waals surface area contributed by atoms with Gasteiger partial charge in [0.05, 0.1) is 22.2 Å². The van der Waals surface area contributed by atoms with Crippen LogP contribution in [0.1, 0.15) is 11.1 Å². The molecule has 0 saturated carbocycles. The van der Waals surface area contributed by atoms with Crippen molar-refractivity contribution in [1.29, 1.82) is 0 Å². The molecule has 0 aliphatic rings. The fraction of sp³-hybridized carbons (Fsp3) is 0.0968. The maximum atomic E-state index is 15.1. The zero-order valence-electron chi connectivity index (χ0n) is 21.7. The van der Waals surface area contributed by atoms with Gasteiger partial charge in [-0.2, -0.15) is 36.5 Å². The molecular formula is C31H18F6N4O2. The molecule has 216 valence electrons. The van der Waals surface area contributed by atoms with Crippen molar-refractivity contribution in [1.82, 2.24) is 20.4 Å². The molecule has 2 N–H and O–H groups in total. The number of fused-ring (bicyclic) bond motifs is 2. The van der Waals surface area contributed by atoms with Crippen LogP contribution in [0.2, 0.25) is 0 Å². The standard InChI is InChI=1S/C31H18F6N4O2/c32-30(33,34)29(31(35,36)37,19-12-14-22-23(15-19)26(39-40-27(22)42)18-9-5-2-6-10-18)20-11-13-21-24(16-20)28(43)41-38-25(21)17-7-3-1-4-8-17/h1-16H,(H,40,42)(H,41,43). The second-order valence-corrected chi connectivity index (χ2v) is 9.80. The minimum atomic E-state index is -5.93. The molecule has 0 aliphatic carbocycles. The van der Waals surface area contributed by atoms with Crippen molar-refractivity contribution in [2.24, 2.45) is 0 Å². The Morgan fingerprint density at radius 3 is 1.40 bits per heavy atom. The summed E-state index contributed by atoms with van der Waals surface area (Å²) in [6.45, 7) is 0. The van der Waals surface area contributed by atoms with E-state index in [4.69, 9.17) is 0 Å². The van der Waals surface area contributed by atoms with Gasteiger partial charge in [0.15, 0.2) is 0 Å². The number of aromatic amines is 2. The molecule has 6 nitrogen and oxygen atoms in total. The van der Waals surface area contributed by atoms with Gasteiger partial charge in [-0.3, -0.25) is 9.59 Å². The summed E-state index contributed by atoms with van der Waals surface area (Å²) in [4.78, 5) is 25.3. The minimum absolute atomic E-state index is 0.0103.